The normalized spacial score (nSPS) is 10.5. The highest BCUT2D eigenvalue weighted by atomic mass is 16.4. The smallest absolute Gasteiger partial charge is 0.303 e. The molecular weight excluding hydrogens is 300 g/mol. The lowest BCUT2D eigenvalue weighted by molar-refractivity contribution is -0.137. The number of carboxylic acid groups (broad SMARTS) is 1. The molecule has 0 spiro atoms. The summed E-state index contributed by atoms with van der Waals surface area (Å²) in [7, 11) is 3.95. The van der Waals surface area contributed by atoms with Crippen LogP contribution < -0.4 is 5.43 Å². The summed E-state index contributed by atoms with van der Waals surface area (Å²) in [5, 5.41) is 10.4. The van der Waals surface area contributed by atoms with Gasteiger partial charge >= 0.3 is 5.97 Å². The van der Waals surface area contributed by atoms with E-state index in [0.29, 0.717) is 6.42 Å². The second-order valence-electron chi connectivity index (χ2n) is 6.79. The molecular formula is C20H44N2O2. The molecule has 0 fully saturated rings. The van der Waals surface area contributed by atoms with Gasteiger partial charge in [0, 0.05) is 27.1 Å². The van der Waals surface area contributed by atoms with Gasteiger partial charge in [-0.2, -0.15) is 0 Å². The summed E-state index contributed by atoms with van der Waals surface area (Å²) in [5.74, 6) is -0.655. The van der Waals surface area contributed by atoms with Gasteiger partial charge in [-0.25, -0.2) is 0 Å². The largest absolute Gasteiger partial charge is 0.481 e. The first-order valence-electron chi connectivity index (χ1n) is 10.2. The number of carbonyl (C=O) groups is 1. The summed E-state index contributed by atoms with van der Waals surface area (Å²) in [4.78, 5) is 10.3. The Bertz CT molecular complexity index is 246. The van der Waals surface area contributed by atoms with Crippen LogP contribution >= 0.6 is 0 Å². The van der Waals surface area contributed by atoms with Crippen LogP contribution in [0.2, 0.25) is 0 Å². The Hall–Kier alpha value is -0.610. The van der Waals surface area contributed by atoms with Crippen molar-refractivity contribution < 1.29 is 9.90 Å². The number of unbranched alkanes of at least 4 members (excludes halogenated alkanes) is 12. The van der Waals surface area contributed by atoms with E-state index in [4.69, 9.17) is 5.11 Å². The maximum absolute atomic E-state index is 10.3. The van der Waals surface area contributed by atoms with Crippen molar-refractivity contribution >= 4 is 5.97 Å². The Balaban J connectivity index is 0. The maximum atomic E-state index is 10.3. The number of hydrogen-bond donors (Lipinski definition) is 2. The van der Waals surface area contributed by atoms with Crippen molar-refractivity contribution in [3.8, 4) is 0 Å². The Kier molecular flexibility index (Phi) is 23.9. The summed E-state index contributed by atoms with van der Waals surface area (Å²) in [6, 6.07) is 0. The van der Waals surface area contributed by atoms with Gasteiger partial charge in [0.25, 0.3) is 0 Å². The fourth-order valence-corrected chi connectivity index (χ4v) is 2.61. The van der Waals surface area contributed by atoms with Gasteiger partial charge in [-0.3, -0.25) is 15.2 Å². The third kappa shape index (κ3) is 29.4. The summed E-state index contributed by atoms with van der Waals surface area (Å²) in [6.07, 6.45) is 17.3. The lowest BCUT2D eigenvalue weighted by atomic mass is 10.0. The fraction of sp³-hybridized carbons (Fsp3) is 0.950. The zero-order valence-corrected chi connectivity index (χ0v) is 16.9. The topological polar surface area (TPSA) is 52.6 Å². The molecule has 0 rings (SSSR count). The molecule has 0 aliphatic carbocycles. The van der Waals surface area contributed by atoms with Crippen LogP contribution in [-0.2, 0) is 4.79 Å². The molecule has 4 heteroatoms. The number of aliphatic carboxylic acids is 1. The van der Waals surface area contributed by atoms with Crippen molar-refractivity contribution in [1.82, 2.24) is 10.4 Å². The molecule has 0 radical (unpaired) electrons. The molecule has 0 saturated heterocycles. The predicted octanol–water partition coefficient (Wildman–Crippen LogP) is 5.62. The van der Waals surface area contributed by atoms with Crippen LogP contribution in [0, 0.1) is 0 Å². The van der Waals surface area contributed by atoms with Crippen LogP contribution in [0.4, 0.5) is 0 Å². The van der Waals surface area contributed by atoms with Crippen LogP contribution in [0.3, 0.4) is 0 Å². The van der Waals surface area contributed by atoms with Crippen molar-refractivity contribution in [1.29, 1.82) is 0 Å². The Morgan fingerprint density at radius 3 is 1.38 bits per heavy atom. The van der Waals surface area contributed by atoms with Gasteiger partial charge in [0.05, 0.1) is 0 Å². The fourth-order valence-electron chi connectivity index (χ4n) is 2.61. The van der Waals surface area contributed by atoms with Crippen LogP contribution in [0.5, 0.6) is 0 Å². The van der Waals surface area contributed by atoms with Crippen molar-refractivity contribution in [2.24, 2.45) is 0 Å². The van der Waals surface area contributed by atoms with Crippen LogP contribution in [0.1, 0.15) is 104 Å². The van der Waals surface area contributed by atoms with Gasteiger partial charge in [0.15, 0.2) is 0 Å². The number of hydrazine groups is 1. The van der Waals surface area contributed by atoms with Crippen LogP contribution in [0.15, 0.2) is 0 Å². The van der Waals surface area contributed by atoms with E-state index in [-0.39, 0.29) is 0 Å². The molecule has 0 heterocycles. The third-order valence-electron chi connectivity index (χ3n) is 3.97. The van der Waals surface area contributed by atoms with Gasteiger partial charge in [0.1, 0.15) is 0 Å². The number of carboxylic acids is 1. The van der Waals surface area contributed by atoms with E-state index in [0.717, 1.165) is 19.4 Å². The van der Waals surface area contributed by atoms with Gasteiger partial charge in [-0.1, -0.05) is 90.9 Å². The summed E-state index contributed by atoms with van der Waals surface area (Å²) < 4.78 is 0. The molecule has 24 heavy (non-hydrogen) atoms. The Morgan fingerprint density at radius 1 is 0.750 bits per heavy atom. The average Bonchev–Trinajstić information content (AvgIpc) is 2.52. The number of rotatable bonds is 16. The summed E-state index contributed by atoms with van der Waals surface area (Å²) in [5.41, 5.74) is 3.04. The lowest BCUT2D eigenvalue weighted by Gasteiger charge is -2.07. The molecule has 0 aliphatic rings. The molecule has 0 aliphatic heterocycles. The molecule has 0 amide bonds. The van der Waals surface area contributed by atoms with E-state index in [9.17, 15) is 4.79 Å². The maximum Gasteiger partial charge on any atom is 0.303 e. The third-order valence-corrected chi connectivity index (χ3v) is 3.97. The zero-order chi connectivity index (χ0) is 18.5. The molecule has 0 aromatic carbocycles. The molecule has 0 unspecified atom stereocenters. The molecule has 2 N–H and O–H groups in total. The van der Waals surface area contributed by atoms with Crippen molar-refractivity contribution in [3.63, 3.8) is 0 Å². The lowest BCUT2D eigenvalue weighted by Crippen LogP contribution is -2.29. The number of nitrogens with zero attached hydrogens (tertiary/aromatic N) is 1. The Morgan fingerprint density at radius 2 is 1.12 bits per heavy atom. The van der Waals surface area contributed by atoms with Gasteiger partial charge < -0.3 is 5.11 Å². The highest BCUT2D eigenvalue weighted by Crippen LogP contribution is 2.12. The Labute approximate surface area is 151 Å². The SMILES string of the molecule is CCCCCCCCCCCCCCCC(=O)O.CCNN(C)C. The van der Waals surface area contributed by atoms with E-state index in [1.165, 1.54) is 70.6 Å². The number of hydrogen-bond acceptors (Lipinski definition) is 3. The van der Waals surface area contributed by atoms with Crippen LogP contribution in [-0.4, -0.2) is 36.7 Å². The predicted molar refractivity (Wildman–Crippen MR) is 105 cm³/mol. The summed E-state index contributed by atoms with van der Waals surface area (Å²) >= 11 is 0. The molecule has 0 bridgehead atoms. The molecule has 146 valence electrons. The molecule has 0 saturated carbocycles. The van der Waals surface area contributed by atoms with Gasteiger partial charge in [-0.15, -0.1) is 0 Å². The standard InChI is InChI=1S/C16H32O2.C4H12N2/c1-2-3-4-5-6-7-8-9-10-11-12-13-14-15-16(17)18;1-4-5-6(2)3/h2-15H2,1H3,(H,17,18);5H,4H2,1-3H3. The first-order valence-corrected chi connectivity index (χ1v) is 10.2. The van der Waals surface area contributed by atoms with E-state index in [1.807, 2.05) is 19.1 Å². The molecule has 0 atom stereocenters. The monoisotopic (exact) mass is 344 g/mol. The minimum absolute atomic E-state index is 0.345. The van der Waals surface area contributed by atoms with Crippen molar-refractivity contribution in [2.45, 2.75) is 104 Å². The van der Waals surface area contributed by atoms with Crippen molar-refractivity contribution in [2.75, 3.05) is 20.6 Å². The van der Waals surface area contributed by atoms with Gasteiger partial charge in [0.2, 0.25) is 0 Å². The second kappa shape index (κ2) is 22.4. The minimum Gasteiger partial charge on any atom is -0.481 e. The van der Waals surface area contributed by atoms with E-state index >= 15 is 0 Å². The van der Waals surface area contributed by atoms with E-state index < -0.39 is 5.97 Å². The van der Waals surface area contributed by atoms with E-state index in [2.05, 4.69) is 19.3 Å². The summed E-state index contributed by atoms with van der Waals surface area (Å²) in [6.45, 7) is 5.34. The number of nitrogens with one attached hydrogen (secondary N) is 1. The minimum atomic E-state index is -0.655. The second-order valence-corrected chi connectivity index (χ2v) is 6.79. The molecule has 4 nitrogen and oxygen atoms in total. The van der Waals surface area contributed by atoms with E-state index in [1.54, 1.807) is 0 Å². The van der Waals surface area contributed by atoms with Crippen LogP contribution in [0.25, 0.3) is 0 Å². The zero-order valence-electron chi connectivity index (χ0n) is 16.9. The van der Waals surface area contributed by atoms with Gasteiger partial charge in [-0.05, 0) is 6.42 Å². The quantitative estimate of drug-likeness (QED) is 0.282. The average molecular weight is 345 g/mol. The first-order chi connectivity index (χ1) is 11.5. The molecule has 0 aromatic heterocycles. The highest BCUT2D eigenvalue weighted by Gasteiger charge is 1.96. The van der Waals surface area contributed by atoms with Crippen molar-refractivity contribution in [3.05, 3.63) is 0 Å². The first kappa shape index (κ1) is 25.6. The molecule has 0 aromatic rings. The highest BCUT2D eigenvalue weighted by molar-refractivity contribution is 5.66.